The number of anilines is 1. The Bertz CT molecular complexity index is 414. The molecule has 2 rings (SSSR count). The molecular formula is C12H15N3O. The van der Waals surface area contributed by atoms with Gasteiger partial charge in [0.2, 0.25) is 0 Å². The molecule has 1 heterocycles. The van der Waals surface area contributed by atoms with Crippen molar-refractivity contribution >= 4 is 17.8 Å². The Morgan fingerprint density at radius 1 is 1.44 bits per heavy atom. The summed E-state index contributed by atoms with van der Waals surface area (Å²) in [6, 6.07) is 7.88. The Hall–Kier alpha value is -1.68. The van der Waals surface area contributed by atoms with Crippen LogP contribution in [0.3, 0.4) is 0 Å². The number of aryl methyl sites for hydroxylation is 1. The number of hydrogen-bond donors (Lipinski definition) is 1. The first-order valence-electron chi connectivity index (χ1n) is 5.45. The van der Waals surface area contributed by atoms with Gasteiger partial charge in [-0.05, 0) is 37.1 Å². The van der Waals surface area contributed by atoms with E-state index in [0.29, 0.717) is 13.0 Å². The van der Waals surface area contributed by atoms with Gasteiger partial charge in [-0.3, -0.25) is 4.79 Å². The van der Waals surface area contributed by atoms with Crippen LogP contribution in [0.5, 0.6) is 0 Å². The highest BCUT2D eigenvalue weighted by molar-refractivity contribution is 6.05. The molecule has 1 aliphatic rings. The van der Waals surface area contributed by atoms with Crippen LogP contribution in [0.25, 0.3) is 0 Å². The van der Waals surface area contributed by atoms with Crippen molar-refractivity contribution in [3.05, 3.63) is 29.8 Å². The molecule has 1 aliphatic heterocycles. The van der Waals surface area contributed by atoms with E-state index < -0.39 is 0 Å². The zero-order valence-electron chi connectivity index (χ0n) is 9.10. The zero-order valence-corrected chi connectivity index (χ0v) is 9.10. The first kappa shape index (κ1) is 10.8. The van der Waals surface area contributed by atoms with Crippen LogP contribution < -0.4 is 10.7 Å². The molecule has 16 heavy (non-hydrogen) atoms. The average molecular weight is 217 g/mol. The second-order valence-electron chi connectivity index (χ2n) is 3.77. The molecule has 1 aromatic carbocycles. The number of benzene rings is 1. The number of hydrazone groups is 1. The van der Waals surface area contributed by atoms with Gasteiger partial charge in [0.1, 0.15) is 0 Å². The highest BCUT2D eigenvalue weighted by Gasteiger charge is 2.18. The highest BCUT2D eigenvalue weighted by Crippen LogP contribution is 2.20. The van der Waals surface area contributed by atoms with Gasteiger partial charge in [-0.2, -0.15) is 5.10 Å². The Balaban J connectivity index is 2.15. The molecule has 0 radical (unpaired) electrons. The summed E-state index contributed by atoms with van der Waals surface area (Å²) in [5, 5.41) is 5.49. The van der Waals surface area contributed by atoms with E-state index in [-0.39, 0.29) is 5.91 Å². The Labute approximate surface area is 94.7 Å². The maximum Gasteiger partial charge on any atom is 0.252 e. The molecule has 1 amide bonds. The van der Waals surface area contributed by atoms with E-state index in [1.165, 1.54) is 10.6 Å². The van der Waals surface area contributed by atoms with Gasteiger partial charge in [0, 0.05) is 6.21 Å². The predicted octanol–water partition coefficient (Wildman–Crippen LogP) is 1.30. The second-order valence-corrected chi connectivity index (χ2v) is 3.77. The summed E-state index contributed by atoms with van der Waals surface area (Å²) in [5.41, 5.74) is 7.50. The second kappa shape index (κ2) is 4.90. The van der Waals surface area contributed by atoms with Gasteiger partial charge < -0.3 is 5.73 Å². The molecule has 4 heteroatoms. The molecule has 0 unspecified atom stereocenters. The minimum absolute atomic E-state index is 0.0241. The predicted molar refractivity (Wildman–Crippen MR) is 64.4 cm³/mol. The van der Waals surface area contributed by atoms with E-state index in [9.17, 15) is 4.79 Å². The zero-order chi connectivity index (χ0) is 11.4. The van der Waals surface area contributed by atoms with Crippen LogP contribution in [-0.4, -0.2) is 18.7 Å². The van der Waals surface area contributed by atoms with E-state index in [1.807, 2.05) is 24.3 Å². The fraction of sp³-hybridized carbons (Fsp3) is 0.333. The fourth-order valence-corrected chi connectivity index (χ4v) is 1.71. The molecule has 0 saturated carbocycles. The van der Waals surface area contributed by atoms with Crippen molar-refractivity contribution in [3.8, 4) is 0 Å². The van der Waals surface area contributed by atoms with Crippen LogP contribution in [0.15, 0.2) is 29.4 Å². The number of amides is 1. The summed E-state index contributed by atoms with van der Waals surface area (Å²) in [5.74, 6) is 0.0241. The Morgan fingerprint density at radius 3 is 3.00 bits per heavy atom. The summed E-state index contributed by atoms with van der Waals surface area (Å²) < 4.78 is 0. The largest absolute Gasteiger partial charge is 0.330 e. The maximum atomic E-state index is 11.5. The number of carbonyl (C=O) groups excluding carboxylic acids is 1. The first-order chi connectivity index (χ1) is 7.81. The molecule has 0 aromatic heterocycles. The van der Waals surface area contributed by atoms with E-state index in [0.717, 1.165) is 18.5 Å². The average Bonchev–Trinajstić information content (AvgIpc) is 2.73. The van der Waals surface area contributed by atoms with Gasteiger partial charge in [-0.25, -0.2) is 5.01 Å². The van der Waals surface area contributed by atoms with Crippen molar-refractivity contribution in [2.45, 2.75) is 19.3 Å². The monoisotopic (exact) mass is 217 g/mol. The summed E-state index contributed by atoms with van der Waals surface area (Å²) in [6.45, 7) is 0.686. The van der Waals surface area contributed by atoms with Crippen LogP contribution >= 0.6 is 0 Å². The van der Waals surface area contributed by atoms with Gasteiger partial charge in [0.25, 0.3) is 5.91 Å². The molecular weight excluding hydrogens is 202 g/mol. The third-order valence-corrected chi connectivity index (χ3v) is 2.52. The molecule has 4 nitrogen and oxygen atoms in total. The Kier molecular flexibility index (Phi) is 3.31. The number of nitrogens with two attached hydrogens (primary N) is 1. The van der Waals surface area contributed by atoms with Crippen molar-refractivity contribution < 1.29 is 4.79 Å². The van der Waals surface area contributed by atoms with E-state index in [4.69, 9.17) is 5.73 Å². The van der Waals surface area contributed by atoms with Crippen molar-refractivity contribution in [3.63, 3.8) is 0 Å². The van der Waals surface area contributed by atoms with Gasteiger partial charge >= 0.3 is 0 Å². The minimum Gasteiger partial charge on any atom is -0.330 e. The van der Waals surface area contributed by atoms with Crippen molar-refractivity contribution in [1.82, 2.24) is 0 Å². The molecule has 2 N–H and O–H groups in total. The maximum absolute atomic E-state index is 11.5. The minimum atomic E-state index is 0.0241. The van der Waals surface area contributed by atoms with Crippen molar-refractivity contribution in [1.29, 1.82) is 0 Å². The molecule has 0 fully saturated rings. The smallest absolute Gasteiger partial charge is 0.252 e. The summed E-state index contributed by atoms with van der Waals surface area (Å²) >= 11 is 0. The van der Waals surface area contributed by atoms with E-state index >= 15 is 0 Å². The molecule has 0 aliphatic carbocycles. The standard InChI is InChI=1S/C12H15N3O/c13-7-2-4-10-3-1-5-11(9-10)15-12(16)6-8-14-15/h1,3,5,8-9H,2,4,6-7,13H2. The highest BCUT2D eigenvalue weighted by atomic mass is 16.2. The van der Waals surface area contributed by atoms with Crippen LogP contribution in [0.1, 0.15) is 18.4 Å². The van der Waals surface area contributed by atoms with Crippen LogP contribution in [0.2, 0.25) is 0 Å². The normalized spacial score (nSPS) is 14.8. The fourth-order valence-electron chi connectivity index (χ4n) is 1.71. The van der Waals surface area contributed by atoms with Gasteiger partial charge in [0.05, 0.1) is 12.1 Å². The molecule has 1 aromatic rings. The van der Waals surface area contributed by atoms with Crippen LogP contribution in [0.4, 0.5) is 5.69 Å². The lowest BCUT2D eigenvalue weighted by atomic mass is 10.1. The number of rotatable bonds is 4. The molecule has 0 atom stereocenters. The lowest BCUT2D eigenvalue weighted by molar-refractivity contribution is -0.116. The van der Waals surface area contributed by atoms with E-state index in [1.54, 1.807) is 6.21 Å². The molecule has 0 spiro atoms. The summed E-state index contributed by atoms with van der Waals surface area (Å²) in [7, 11) is 0. The molecule has 0 saturated heterocycles. The lowest BCUT2D eigenvalue weighted by Crippen LogP contribution is -2.19. The number of hydrogen-bond acceptors (Lipinski definition) is 3. The van der Waals surface area contributed by atoms with Crippen molar-refractivity contribution in [2.24, 2.45) is 10.8 Å². The van der Waals surface area contributed by atoms with Crippen molar-refractivity contribution in [2.75, 3.05) is 11.6 Å². The third kappa shape index (κ3) is 2.28. The van der Waals surface area contributed by atoms with Gasteiger partial charge in [-0.15, -0.1) is 0 Å². The SMILES string of the molecule is NCCCc1cccc(N2N=CCC2=O)c1. The molecule has 84 valence electrons. The molecule has 0 bridgehead atoms. The lowest BCUT2D eigenvalue weighted by Gasteiger charge is -2.12. The first-order valence-corrected chi connectivity index (χ1v) is 5.45. The number of carbonyl (C=O) groups is 1. The van der Waals surface area contributed by atoms with Gasteiger partial charge in [0.15, 0.2) is 0 Å². The van der Waals surface area contributed by atoms with E-state index in [2.05, 4.69) is 5.10 Å². The topological polar surface area (TPSA) is 58.7 Å². The third-order valence-electron chi connectivity index (χ3n) is 2.52. The summed E-state index contributed by atoms with van der Waals surface area (Å²) in [4.78, 5) is 11.5. The summed E-state index contributed by atoms with van der Waals surface area (Å²) in [6.07, 6.45) is 3.93. The van der Waals surface area contributed by atoms with Gasteiger partial charge in [-0.1, -0.05) is 12.1 Å². The van der Waals surface area contributed by atoms with Crippen LogP contribution in [0, 0.1) is 0 Å². The van der Waals surface area contributed by atoms with Crippen LogP contribution in [-0.2, 0) is 11.2 Å². The Morgan fingerprint density at radius 2 is 2.31 bits per heavy atom. The number of nitrogens with zero attached hydrogens (tertiary/aromatic N) is 2. The quantitative estimate of drug-likeness (QED) is 0.826.